The SMILES string of the molecule is CC1(C)c2cc(N3c4ccccc4C(c4ccccc4)(c4ccccc4)c4ccccc43)ccc2N(I)c2ccc(N3c4ccccc4C(c4ccccc4)(c4ccccc4)c4ccccc43)cc21. The van der Waals surface area contributed by atoms with E-state index in [0.717, 1.165) is 11.4 Å². The van der Waals surface area contributed by atoms with Crippen molar-refractivity contribution in [1.82, 2.24) is 0 Å². The summed E-state index contributed by atoms with van der Waals surface area (Å²) in [6, 6.07) is 94.6. The zero-order valence-corrected chi connectivity index (χ0v) is 40.6. The Hall–Kier alpha value is -7.67. The molecule has 0 saturated heterocycles. The van der Waals surface area contributed by atoms with Crippen molar-refractivity contribution in [2.45, 2.75) is 30.1 Å². The van der Waals surface area contributed by atoms with Crippen LogP contribution in [0, 0.1) is 0 Å². The van der Waals surface area contributed by atoms with Crippen LogP contribution in [0.5, 0.6) is 0 Å². The van der Waals surface area contributed by atoms with Gasteiger partial charge in [-0.3, -0.25) is 3.11 Å². The Morgan fingerprint density at radius 3 is 0.826 bits per heavy atom. The van der Waals surface area contributed by atoms with E-state index in [0.29, 0.717) is 0 Å². The number of hydrogen-bond acceptors (Lipinski definition) is 3. The summed E-state index contributed by atoms with van der Waals surface area (Å²) in [5.74, 6) is 0. The Morgan fingerprint density at radius 1 is 0.275 bits per heavy atom. The predicted molar refractivity (Wildman–Crippen MR) is 294 cm³/mol. The van der Waals surface area contributed by atoms with Gasteiger partial charge in [-0.2, -0.15) is 0 Å². The second-order valence-corrected chi connectivity index (χ2v) is 20.0. The van der Waals surface area contributed by atoms with Crippen molar-refractivity contribution >= 4 is 68.4 Å². The fraction of sp³-hybridized carbons (Fsp3) is 0.0769. The van der Waals surface area contributed by atoms with Gasteiger partial charge in [0.2, 0.25) is 0 Å². The van der Waals surface area contributed by atoms with E-state index in [1.54, 1.807) is 0 Å². The molecule has 4 heteroatoms. The zero-order chi connectivity index (χ0) is 46.3. The van der Waals surface area contributed by atoms with Gasteiger partial charge in [0.05, 0.1) is 67.8 Å². The number of para-hydroxylation sites is 4. The van der Waals surface area contributed by atoms with Gasteiger partial charge >= 0.3 is 0 Å². The summed E-state index contributed by atoms with van der Waals surface area (Å²) in [4.78, 5) is 5.00. The fourth-order valence-electron chi connectivity index (χ4n) is 12.3. The van der Waals surface area contributed by atoms with Crippen molar-refractivity contribution in [3.8, 4) is 0 Å². The highest BCUT2D eigenvalue weighted by atomic mass is 127. The Labute approximate surface area is 419 Å². The molecular weight excluding hydrogens is 950 g/mol. The van der Waals surface area contributed by atoms with Gasteiger partial charge in [-0.1, -0.05) is 208 Å². The number of benzene rings is 10. The molecule has 10 aromatic carbocycles. The van der Waals surface area contributed by atoms with Crippen molar-refractivity contribution < 1.29 is 0 Å². The van der Waals surface area contributed by atoms with Crippen molar-refractivity contribution in [2.75, 3.05) is 12.9 Å². The average Bonchev–Trinajstić information content (AvgIpc) is 3.42. The Kier molecular flexibility index (Phi) is 9.61. The van der Waals surface area contributed by atoms with Gasteiger partial charge in [0, 0.05) is 16.8 Å². The van der Waals surface area contributed by atoms with Gasteiger partial charge in [0.1, 0.15) is 0 Å². The molecule has 0 bridgehead atoms. The molecule has 3 heterocycles. The molecule has 3 aliphatic rings. The van der Waals surface area contributed by atoms with Gasteiger partial charge < -0.3 is 9.80 Å². The number of anilines is 8. The second kappa shape index (κ2) is 16.0. The van der Waals surface area contributed by atoms with E-state index in [2.05, 4.69) is 304 Å². The highest BCUT2D eigenvalue weighted by molar-refractivity contribution is 14.1. The van der Waals surface area contributed by atoms with Crippen molar-refractivity contribution in [3.05, 3.63) is 310 Å². The maximum atomic E-state index is 2.53. The Morgan fingerprint density at radius 2 is 0.536 bits per heavy atom. The summed E-state index contributed by atoms with van der Waals surface area (Å²) in [5, 5.41) is 0. The lowest BCUT2D eigenvalue weighted by Crippen LogP contribution is -2.38. The molecule has 3 nitrogen and oxygen atoms in total. The first-order chi connectivity index (χ1) is 33.9. The average molecular weight is 998 g/mol. The third-order valence-corrected chi connectivity index (χ3v) is 16.3. The van der Waals surface area contributed by atoms with Crippen LogP contribution in [-0.2, 0) is 16.2 Å². The van der Waals surface area contributed by atoms with Gasteiger partial charge in [-0.15, -0.1) is 0 Å². The van der Waals surface area contributed by atoms with Gasteiger partial charge in [0.25, 0.3) is 0 Å². The monoisotopic (exact) mass is 997 g/mol. The van der Waals surface area contributed by atoms with E-state index >= 15 is 0 Å². The lowest BCUT2D eigenvalue weighted by molar-refractivity contribution is 0.635. The van der Waals surface area contributed by atoms with E-state index in [-0.39, 0.29) is 5.41 Å². The molecule has 0 fully saturated rings. The summed E-state index contributed by atoms with van der Waals surface area (Å²) in [7, 11) is 0. The highest BCUT2D eigenvalue weighted by Gasteiger charge is 2.48. The molecule has 0 aliphatic carbocycles. The molecule has 69 heavy (non-hydrogen) atoms. The maximum Gasteiger partial charge on any atom is 0.0742 e. The molecular formula is C65H48IN3. The molecule has 13 rings (SSSR count). The van der Waals surface area contributed by atoms with Crippen LogP contribution in [0.1, 0.15) is 69.5 Å². The standard InChI is InChI=1S/C65H48IN3/c1-63(2)55-43-49(67-57-35-19-15-31-51(57)64(45-23-7-3-8-24-45,46-25-9-4-10-26-46)52-32-16-20-36-58(52)67)39-41-61(55)69(66)62-42-40-50(44-56(62)63)68-59-37-21-17-33-53(59)65(47-27-11-5-12-28-47,48-29-13-6-14-30-48)54-34-18-22-38-60(54)68/h3-44H,1-2H3. The summed E-state index contributed by atoms with van der Waals surface area (Å²) in [6.45, 7) is 4.81. The van der Waals surface area contributed by atoms with E-state index in [4.69, 9.17) is 0 Å². The van der Waals surface area contributed by atoms with Crippen LogP contribution >= 0.6 is 22.9 Å². The summed E-state index contributed by atoms with van der Waals surface area (Å²) in [6.07, 6.45) is 0. The third kappa shape index (κ3) is 5.91. The minimum atomic E-state index is -0.526. The van der Waals surface area contributed by atoms with Crippen LogP contribution in [0.4, 0.5) is 45.5 Å². The number of fused-ring (bicyclic) bond motifs is 6. The third-order valence-electron chi connectivity index (χ3n) is 15.3. The largest absolute Gasteiger partial charge is 0.310 e. The molecule has 0 spiro atoms. The number of halogens is 1. The van der Waals surface area contributed by atoms with Crippen LogP contribution < -0.4 is 12.9 Å². The van der Waals surface area contributed by atoms with Crippen LogP contribution in [0.25, 0.3) is 0 Å². The molecule has 0 aromatic heterocycles. The Bertz CT molecular complexity index is 3160. The van der Waals surface area contributed by atoms with Gasteiger partial charge in [-0.25, -0.2) is 0 Å². The Balaban J connectivity index is 0.972. The summed E-state index contributed by atoms with van der Waals surface area (Å²) in [5.41, 5.74) is 20.6. The first-order valence-electron chi connectivity index (χ1n) is 23.9. The second-order valence-electron chi connectivity index (χ2n) is 19.0. The molecule has 0 atom stereocenters. The highest BCUT2D eigenvalue weighted by Crippen LogP contribution is 2.61. The number of nitrogens with zero attached hydrogens (tertiary/aromatic N) is 3. The molecule has 0 amide bonds. The molecule has 0 radical (unpaired) electrons. The van der Waals surface area contributed by atoms with Crippen molar-refractivity contribution in [1.29, 1.82) is 0 Å². The molecule has 0 N–H and O–H groups in total. The first-order valence-corrected chi connectivity index (χ1v) is 24.9. The summed E-state index contributed by atoms with van der Waals surface area (Å²) >= 11 is 2.53. The number of hydrogen-bond donors (Lipinski definition) is 0. The van der Waals surface area contributed by atoms with Gasteiger partial charge in [0.15, 0.2) is 0 Å². The molecule has 0 unspecified atom stereocenters. The summed E-state index contributed by atoms with van der Waals surface area (Å²) < 4.78 is 2.36. The predicted octanol–water partition coefficient (Wildman–Crippen LogP) is 17.1. The minimum absolute atomic E-state index is 0.363. The quantitative estimate of drug-likeness (QED) is 0.121. The van der Waals surface area contributed by atoms with Crippen molar-refractivity contribution in [3.63, 3.8) is 0 Å². The van der Waals surface area contributed by atoms with Gasteiger partial charge in [-0.05, 0) is 116 Å². The molecule has 10 aromatic rings. The molecule has 330 valence electrons. The van der Waals surface area contributed by atoms with E-state index in [1.165, 1.54) is 89.8 Å². The van der Waals surface area contributed by atoms with E-state index in [1.807, 2.05) is 0 Å². The lowest BCUT2D eigenvalue weighted by atomic mass is 9.62. The molecule has 0 saturated carbocycles. The lowest BCUT2D eigenvalue weighted by Gasteiger charge is -2.47. The molecule has 3 aliphatic heterocycles. The fourth-order valence-corrected chi connectivity index (χ4v) is 13.2. The zero-order valence-electron chi connectivity index (χ0n) is 38.5. The maximum absolute atomic E-state index is 2.53. The van der Waals surface area contributed by atoms with Crippen LogP contribution in [0.3, 0.4) is 0 Å². The first kappa shape index (κ1) is 41.5. The normalized spacial score (nSPS) is 15.4. The topological polar surface area (TPSA) is 9.72 Å². The minimum Gasteiger partial charge on any atom is -0.310 e. The van der Waals surface area contributed by atoms with Crippen LogP contribution in [-0.4, -0.2) is 0 Å². The van der Waals surface area contributed by atoms with Crippen LogP contribution in [0.15, 0.2) is 255 Å². The van der Waals surface area contributed by atoms with E-state index in [9.17, 15) is 0 Å². The van der Waals surface area contributed by atoms with Crippen molar-refractivity contribution in [2.24, 2.45) is 0 Å². The number of rotatable bonds is 6. The van der Waals surface area contributed by atoms with E-state index < -0.39 is 10.8 Å². The smallest absolute Gasteiger partial charge is 0.0742 e. The van der Waals surface area contributed by atoms with Crippen LogP contribution in [0.2, 0.25) is 0 Å².